The Hall–Kier alpha value is -6.78. The van der Waals surface area contributed by atoms with Crippen molar-refractivity contribution in [2.75, 3.05) is 4.90 Å². The van der Waals surface area contributed by atoms with Crippen LogP contribution in [0.2, 0.25) is 0 Å². The minimum absolute atomic E-state index is 0.221. The first-order chi connectivity index (χ1) is 30.7. The van der Waals surface area contributed by atoms with Crippen molar-refractivity contribution in [1.29, 1.82) is 0 Å². The second-order valence-corrected chi connectivity index (χ2v) is 17.4. The van der Waals surface area contributed by atoms with Crippen molar-refractivity contribution >= 4 is 38.6 Å². The number of rotatable bonds is 11. The van der Waals surface area contributed by atoms with E-state index >= 15 is 0 Å². The molecule has 4 heteroatoms. The molecule has 0 N–H and O–H groups in total. The Labute approximate surface area is 365 Å². The van der Waals surface area contributed by atoms with E-state index in [4.69, 9.17) is 9.97 Å². The summed E-state index contributed by atoms with van der Waals surface area (Å²) in [7, 11) is 0. The molecule has 0 radical (unpaired) electrons. The maximum atomic E-state index is 5.23. The smallest absolute Gasteiger partial charge is 0.160 e. The van der Waals surface area contributed by atoms with Crippen molar-refractivity contribution in [3.05, 3.63) is 216 Å². The van der Waals surface area contributed by atoms with Crippen LogP contribution in [0.3, 0.4) is 0 Å². The molecular weight excluding hydrogens is 753 g/mol. The normalized spacial score (nSPS) is 19.2. The van der Waals surface area contributed by atoms with Gasteiger partial charge in [0.15, 0.2) is 5.82 Å². The Morgan fingerprint density at radius 3 is 2.29 bits per heavy atom. The van der Waals surface area contributed by atoms with E-state index in [1.54, 1.807) is 0 Å². The summed E-state index contributed by atoms with van der Waals surface area (Å²) in [4.78, 5) is 13.0. The molecular formula is C58H52N4. The third kappa shape index (κ3) is 7.08. The second kappa shape index (κ2) is 16.6. The van der Waals surface area contributed by atoms with Gasteiger partial charge in [-0.05, 0) is 103 Å². The van der Waals surface area contributed by atoms with Crippen LogP contribution < -0.4 is 4.90 Å². The van der Waals surface area contributed by atoms with Gasteiger partial charge in [0.05, 0.1) is 28.5 Å². The van der Waals surface area contributed by atoms with Crippen LogP contribution in [-0.2, 0) is 0 Å². The van der Waals surface area contributed by atoms with Gasteiger partial charge in [0, 0.05) is 45.2 Å². The molecule has 3 unspecified atom stereocenters. The second-order valence-electron chi connectivity index (χ2n) is 17.4. The zero-order valence-electron chi connectivity index (χ0n) is 35.5. The van der Waals surface area contributed by atoms with Crippen LogP contribution in [0.25, 0.3) is 50.0 Å². The lowest BCUT2D eigenvalue weighted by atomic mass is 9.86. The number of hydrogen-bond donors (Lipinski definition) is 0. The van der Waals surface area contributed by atoms with Crippen LogP contribution in [0.1, 0.15) is 92.6 Å². The summed E-state index contributed by atoms with van der Waals surface area (Å²) < 4.78 is 2.39. The molecule has 3 aliphatic carbocycles. The molecule has 62 heavy (non-hydrogen) atoms. The molecule has 7 aromatic rings. The standard InChI is InChI=1S/C58H52N4/c1-2-3-4-7-16-40-25-27-41(28-26-40)52-39-53(60-58(59-52)43-17-8-5-9-18-43)42-29-33-47(34-30-42)62-55-24-15-13-22-49(55)51-38-45(32-36-57(51)62)44-31-35-56-50(37-44)48-21-12-14-23-54(48)61(56)46-19-10-6-11-20-46/h5-6,8-15,17-27,29,31-33,35-39,41,51,57H,2-4,7,16,28,30,34H2,1H3. The molecule has 0 saturated heterocycles. The third-order valence-electron chi connectivity index (χ3n) is 13.5. The summed E-state index contributed by atoms with van der Waals surface area (Å²) in [6.07, 6.45) is 28.4. The Morgan fingerprint density at radius 1 is 0.661 bits per heavy atom. The largest absolute Gasteiger partial charge is 0.337 e. The highest BCUT2D eigenvalue weighted by atomic mass is 15.2. The van der Waals surface area contributed by atoms with Gasteiger partial charge in [-0.1, -0.05) is 165 Å². The van der Waals surface area contributed by atoms with Crippen molar-refractivity contribution in [2.24, 2.45) is 0 Å². The minimum Gasteiger partial charge on any atom is -0.337 e. The summed E-state index contributed by atoms with van der Waals surface area (Å²) in [6.45, 7) is 2.28. The molecule has 0 spiro atoms. The fraction of sp³-hybridized carbons (Fsp3) is 0.207. The number of allylic oxidation sites excluding steroid dienone is 10. The molecule has 2 aromatic heterocycles. The number of aromatic nitrogens is 3. The molecule has 0 amide bonds. The fourth-order valence-electron chi connectivity index (χ4n) is 10.3. The Morgan fingerprint density at radius 2 is 1.47 bits per heavy atom. The minimum atomic E-state index is 0.221. The summed E-state index contributed by atoms with van der Waals surface area (Å²) in [5, 5.41) is 2.56. The average molecular weight is 805 g/mol. The van der Waals surface area contributed by atoms with Gasteiger partial charge in [-0.2, -0.15) is 0 Å². The summed E-state index contributed by atoms with van der Waals surface area (Å²) in [5.74, 6) is 1.31. The van der Waals surface area contributed by atoms with E-state index < -0.39 is 0 Å². The summed E-state index contributed by atoms with van der Waals surface area (Å²) in [6, 6.07) is 48.5. The Kier molecular flexibility index (Phi) is 10.2. The number of hydrogen-bond acceptors (Lipinski definition) is 3. The number of benzene rings is 5. The third-order valence-corrected chi connectivity index (χ3v) is 13.5. The average Bonchev–Trinajstić information content (AvgIpc) is 3.86. The van der Waals surface area contributed by atoms with Crippen molar-refractivity contribution in [2.45, 2.75) is 76.2 Å². The zero-order valence-corrected chi connectivity index (χ0v) is 35.5. The SMILES string of the molecule is CCCCCCC1=CCC(c2cc(C3=CC=C(N4c5ccccc5C5C=C(c6ccc7c(c6)c6ccccc6n7-c6ccccc6)C=CC54)CC3)nc(-c3ccccc3)n2)C=C1. The molecule has 11 rings (SSSR count). The lowest BCUT2D eigenvalue weighted by Crippen LogP contribution is -2.33. The van der Waals surface area contributed by atoms with Crippen LogP contribution >= 0.6 is 0 Å². The molecule has 3 heterocycles. The Balaban J connectivity index is 0.889. The number of fused-ring (bicyclic) bond motifs is 6. The fourth-order valence-corrected chi connectivity index (χ4v) is 10.3. The molecule has 4 aliphatic rings. The van der Waals surface area contributed by atoms with Gasteiger partial charge in [0.1, 0.15) is 0 Å². The van der Waals surface area contributed by atoms with Gasteiger partial charge in [-0.25, -0.2) is 9.97 Å². The van der Waals surface area contributed by atoms with Gasteiger partial charge in [-0.3, -0.25) is 0 Å². The van der Waals surface area contributed by atoms with Crippen molar-refractivity contribution in [1.82, 2.24) is 14.5 Å². The van der Waals surface area contributed by atoms with Gasteiger partial charge in [0.2, 0.25) is 0 Å². The molecule has 304 valence electrons. The molecule has 0 fully saturated rings. The van der Waals surface area contributed by atoms with Crippen LogP contribution in [0.15, 0.2) is 193 Å². The molecule has 1 aliphatic heterocycles. The number of anilines is 1. The van der Waals surface area contributed by atoms with Crippen molar-refractivity contribution < 1.29 is 0 Å². The molecule has 0 saturated carbocycles. The van der Waals surface area contributed by atoms with E-state index in [9.17, 15) is 0 Å². The highest BCUT2D eigenvalue weighted by Crippen LogP contribution is 2.49. The van der Waals surface area contributed by atoms with E-state index in [-0.39, 0.29) is 17.9 Å². The van der Waals surface area contributed by atoms with Crippen molar-refractivity contribution in [3.63, 3.8) is 0 Å². The maximum absolute atomic E-state index is 5.23. The zero-order chi connectivity index (χ0) is 41.4. The highest BCUT2D eigenvalue weighted by Gasteiger charge is 2.39. The molecule has 5 aromatic carbocycles. The highest BCUT2D eigenvalue weighted by molar-refractivity contribution is 6.10. The maximum Gasteiger partial charge on any atom is 0.160 e. The first-order valence-electron chi connectivity index (χ1n) is 22.8. The Bertz CT molecular complexity index is 2990. The van der Waals surface area contributed by atoms with Crippen LogP contribution in [0, 0.1) is 0 Å². The van der Waals surface area contributed by atoms with E-state index in [0.717, 1.165) is 42.0 Å². The van der Waals surface area contributed by atoms with Crippen LogP contribution in [0.4, 0.5) is 5.69 Å². The predicted octanol–water partition coefficient (Wildman–Crippen LogP) is 14.9. The van der Waals surface area contributed by atoms with E-state index in [1.165, 1.54) is 98.8 Å². The van der Waals surface area contributed by atoms with E-state index in [1.807, 2.05) is 0 Å². The summed E-state index contributed by atoms with van der Waals surface area (Å²) in [5.41, 5.74) is 16.2. The van der Waals surface area contributed by atoms with Crippen molar-refractivity contribution in [3.8, 4) is 17.1 Å². The van der Waals surface area contributed by atoms with Crippen LogP contribution in [0.5, 0.6) is 0 Å². The lowest BCUT2D eigenvalue weighted by molar-refractivity contribution is 0.664. The number of nitrogens with zero attached hydrogens (tertiary/aromatic N) is 4. The van der Waals surface area contributed by atoms with Gasteiger partial charge < -0.3 is 9.47 Å². The quantitative estimate of drug-likeness (QED) is 0.122. The van der Waals surface area contributed by atoms with Gasteiger partial charge >= 0.3 is 0 Å². The summed E-state index contributed by atoms with van der Waals surface area (Å²) >= 11 is 0. The van der Waals surface area contributed by atoms with Gasteiger partial charge in [-0.15, -0.1) is 0 Å². The van der Waals surface area contributed by atoms with Gasteiger partial charge in [0.25, 0.3) is 0 Å². The predicted molar refractivity (Wildman–Crippen MR) is 259 cm³/mol. The topological polar surface area (TPSA) is 34.0 Å². The first kappa shape index (κ1) is 38.2. The number of unbranched alkanes of at least 4 members (excludes halogenated alkanes) is 3. The molecule has 0 bridgehead atoms. The van der Waals surface area contributed by atoms with Crippen LogP contribution in [-0.4, -0.2) is 20.6 Å². The number of para-hydroxylation sites is 3. The lowest BCUT2D eigenvalue weighted by Gasteiger charge is -2.33. The molecule has 4 nitrogen and oxygen atoms in total. The first-order valence-corrected chi connectivity index (χ1v) is 22.8. The van der Waals surface area contributed by atoms with E-state index in [0.29, 0.717) is 0 Å². The monoisotopic (exact) mass is 804 g/mol. The van der Waals surface area contributed by atoms with E-state index in [2.05, 4.69) is 198 Å². The molecule has 3 atom stereocenters.